The number of halogens is 2. The number of alkyl halides is 2. The summed E-state index contributed by atoms with van der Waals surface area (Å²) < 4.78 is 0. The van der Waals surface area contributed by atoms with Crippen LogP contribution in [0.5, 0.6) is 0 Å². The summed E-state index contributed by atoms with van der Waals surface area (Å²) in [7, 11) is 0. The van der Waals surface area contributed by atoms with E-state index in [4.69, 9.17) is 33.4 Å². The van der Waals surface area contributed by atoms with Crippen LogP contribution in [0.3, 0.4) is 0 Å². The molecule has 0 saturated heterocycles. The van der Waals surface area contributed by atoms with Crippen LogP contribution in [0.15, 0.2) is 0 Å². The van der Waals surface area contributed by atoms with Gasteiger partial charge in [-0.05, 0) is 12.8 Å². The summed E-state index contributed by atoms with van der Waals surface area (Å²) >= 11 is 12.5. The number of hydrogen-bond donors (Lipinski definition) is 4. The van der Waals surface area contributed by atoms with Crippen molar-refractivity contribution < 1.29 is 20.4 Å². The van der Waals surface area contributed by atoms with E-state index in [0.717, 1.165) is 0 Å². The highest BCUT2D eigenvalue weighted by Crippen LogP contribution is 2.28. The minimum absolute atomic E-state index is 0.0611. The van der Waals surface area contributed by atoms with Crippen LogP contribution in [0.1, 0.15) is 12.8 Å². The number of rotatable bonds is 10. The maximum atomic E-state index is 9.68. The smallest absolute Gasteiger partial charge is 0.0794 e. The molecule has 0 rings (SSSR count). The summed E-state index contributed by atoms with van der Waals surface area (Å²) in [6.07, 6.45) is -0.736. The number of aliphatic hydroxyl groups is 4. The summed E-state index contributed by atoms with van der Waals surface area (Å²) in [5, 5.41) is 36.6. The van der Waals surface area contributed by atoms with Crippen molar-refractivity contribution in [2.24, 2.45) is 0 Å². The topological polar surface area (TPSA) is 80.9 Å². The lowest BCUT2D eigenvalue weighted by atomic mass is 10.2. The first-order valence-electron chi connectivity index (χ1n) is 5.45. The van der Waals surface area contributed by atoms with E-state index in [9.17, 15) is 10.2 Å². The quantitative estimate of drug-likeness (QED) is 0.440. The predicted octanol–water partition coefficient (Wildman–Crippen LogP) is 0.421. The van der Waals surface area contributed by atoms with E-state index >= 15 is 0 Å². The largest absolute Gasteiger partial charge is 0.396 e. The molecule has 0 fully saturated rings. The molecular weight excluding hydrogens is 287 g/mol. The van der Waals surface area contributed by atoms with Gasteiger partial charge in [0.25, 0.3) is 0 Å². The molecule has 0 aromatic heterocycles. The van der Waals surface area contributed by atoms with Gasteiger partial charge in [-0.2, -0.15) is 0 Å². The SMILES string of the molecule is OCCC(SC(CCO)C(O)CCl)C(O)CCl. The van der Waals surface area contributed by atoms with Crippen molar-refractivity contribution in [2.45, 2.75) is 35.5 Å². The molecule has 4 N–H and O–H groups in total. The fraction of sp³-hybridized carbons (Fsp3) is 1.00. The van der Waals surface area contributed by atoms with E-state index in [1.165, 1.54) is 11.8 Å². The molecule has 4 unspecified atom stereocenters. The van der Waals surface area contributed by atoms with Crippen molar-refractivity contribution >= 4 is 35.0 Å². The fourth-order valence-electron chi connectivity index (χ4n) is 1.38. The van der Waals surface area contributed by atoms with E-state index in [1.54, 1.807) is 0 Å². The van der Waals surface area contributed by atoms with Crippen LogP contribution in [0.25, 0.3) is 0 Å². The lowest BCUT2D eigenvalue weighted by Gasteiger charge is -2.27. The van der Waals surface area contributed by atoms with Gasteiger partial charge in [0.15, 0.2) is 0 Å². The van der Waals surface area contributed by atoms with Crippen LogP contribution < -0.4 is 0 Å². The molecule has 0 amide bonds. The Bertz CT molecular complexity index is 170. The van der Waals surface area contributed by atoms with Gasteiger partial charge >= 0.3 is 0 Å². The molecule has 0 heterocycles. The van der Waals surface area contributed by atoms with Crippen molar-refractivity contribution in [3.8, 4) is 0 Å². The van der Waals surface area contributed by atoms with Crippen LogP contribution >= 0.6 is 35.0 Å². The van der Waals surface area contributed by atoms with Crippen LogP contribution in [-0.4, -0.2) is 68.1 Å². The van der Waals surface area contributed by atoms with Crippen molar-refractivity contribution in [2.75, 3.05) is 25.0 Å². The normalized spacial score (nSPS) is 18.7. The molecule has 0 aliphatic heterocycles. The van der Waals surface area contributed by atoms with Gasteiger partial charge in [-0.15, -0.1) is 35.0 Å². The van der Waals surface area contributed by atoms with Crippen LogP contribution in [0.4, 0.5) is 0 Å². The van der Waals surface area contributed by atoms with Crippen LogP contribution in [-0.2, 0) is 0 Å². The second kappa shape index (κ2) is 10.7. The first-order chi connectivity index (χ1) is 8.10. The summed E-state index contributed by atoms with van der Waals surface area (Å²) in [6.45, 7) is -0.122. The van der Waals surface area contributed by atoms with E-state index in [2.05, 4.69) is 0 Å². The molecule has 0 radical (unpaired) electrons. The van der Waals surface area contributed by atoms with Crippen molar-refractivity contribution in [3.05, 3.63) is 0 Å². The average molecular weight is 307 g/mol. The molecule has 0 aliphatic carbocycles. The Kier molecular flexibility index (Phi) is 11.2. The van der Waals surface area contributed by atoms with Gasteiger partial charge < -0.3 is 20.4 Å². The molecule has 7 heteroatoms. The maximum Gasteiger partial charge on any atom is 0.0794 e. The molecule has 0 bridgehead atoms. The predicted molar refractivity (Wildman–Crippen MR) is 72.0 cm³/mol. The zero-order valence-corrected chi connectivity index (χ0v) is 11.8. The molecular formula is C10H20Cl2O4S. The molecule has 17 heavy (non-hydrogen) atoms. The molecule has 104 valence electrons. The van der Waals surface area contributed by atoms with Crippen LogP contribution in [0, 0.1) is 0 Å². The Balaban J connectivity index is 4.43. The van der Waals surface area contributed by atoms with Gasteiger partial charge in [-0.3, -0.25) is 0 Å². The summed E-state index contributed by atoms with van der Waals surface area (Å²) in [5.41, 5.74) is 0. The third kappa shape index (κ3) is 7.06. The highest BCUT2D eigenvalue weighted by atomic mass is 35.5. The summed E-state index contributed by atoms with van der Waals surface area (Å²) in [4.78, 5) is 0. The third-order valence-electron chi connectivity index (χ3n) is 2.35. The van der Waals surface area contributed by atoms with Gasteiger partial charge in [0.2, 0.25) is 0 Å². The fourth-order valence-corrected chi connectivity index (χ4v) is 3.51. The first-order valence-corrected chi connectivity index (χ1v) is 7.47. The van der Waals surface area contributed by atoms with E-state index in [1.807, 2.05) is 0 Å². The monoisotopic (exact) mass is 306 g/mol. The molecule has 4 atom stereocenters. The Labute approximate surface area is 116 Å². The lowest BCUT2D eigenvalue weighted by Crippen LogP contribution is -2.33. The third-order valence-corrected chi connectivity index (χ3v) is 4.78. The summed E-state index contributed by atoms with van der Waals surface area (Å²) in [5.74, 6) is 0.140. The standard InChI is InChI=1S/C10H20Cl2O4S/c11-5-7(15)9(1-3-13)17-10(2-4-14)8(16)6-12/h7-10,13-16H,1-6H2. The van der Waals surface area contributed by atoms with E-state index in [0.29, 0.717) is 12.8 Å². The van der Waals surface area contributed by atoms with Crippen molar-refractivity contribution in [3.63, 3.8) is 0 Å². The van der Waals surface area contributed by atoms with Gasteiger partial charge in [0.05, 0.1) is 12.2 Å². The molecule has 0 saturated carbocycles. The average Bonchev–Trinajstić information content (AvgIpc) is 2.35. The molecule has 0 spiro atoms. The second-order valence-corrected chi connectivity index (χ2v) is 5.78. The van der Waals surface area contributed by atoms with Gasteiger partial charge in [-0.25, -0.2) is 0 Å². The van der Waals surface area contributed by atoms with Gasteiger partial charge in [0.1, 0.15) is 0 Å². The van der Waals surface area contributed by atoms with Crippen LogP contribution in [0.2, 0.25) is 0 Å². The lowest BCUT2D eigenvalue weighted by molar-refractivity contribution is 0.166. The zero-order chi connectivity index (χ0) is 13.3. The molecule has 0 aliphatic rings. The Hall–Kier alpha value is 0.770. The highest BCUT2D eigenvalue weighted by molar-refractivity contribution is 8.00. The Morgan fingerprint density at radius 2 is 1.18 bits per heavy atom. The first kappa shape index (κ1) is 17.8. The number of hydrogen-bond acceptors (Lipinski definition) is 5. The second-order valence-electron chi connectivity index (χ2n) is 3.68. The van der Waals surface area contributed by atoms with Gasteiger partial charge in [-0.1, -0.05) is 0 Å². The van der Waals surface area contributed by atoms with Gasteiger partial charge in [0, 0.05) is 35.5 Å². The van der Waals surface area contributed by atoms with E-state index < -0.39 is 12.2 Å². The zero-order valence-electron chi connectivity index (χ0n) is 9.51. The molecule has 0 aromatic carbocycles. The molecule has 4 nitrogen and oxygen atoms in total. The number of thioether (sulfide) groups is 1. The minimum Gasteiger partial charge on any atom is -0.396 e. The Morgan fingerprint density at radius 1 is 0.824 bits per heavy atom. The highest BCUT2D eigenvalue weighted by Gasteiger charge is 2.26. The summed E-state index contributed by atoms with van der Waals surface area (Å²) in [6, 6.07) is 0. The van der Waals surface area contributed by atoms with Crippen molar-refractivity contribution in [1.82, 2.24) is 0 Å². The van der Waals surface area contributed by atoms with Crippen molar-refractivity contribution in [1.29, 1.82) is 0 Å². The Morgan fingerprint density at radius 3 is 1.41 bits per heavy atom. The van der Waals surface area contributed by atoms with E-state index in [-0.39, 0.29) is 35.5 Å². The minimum atomic E-state index is -0.752. The number of aliphatic hydroxyl groups excluding tert-OH is 4. The molecule has 0 aromatic rings. The maximum absolute atomic E-state index is 9.68.